The van der Waals surface area contributed by atoms with Crippen molar-refractivity contribution in [2.75, 3.05) is 6.54 Å². The third kappa shape index (κ3) is 2.52. The molecule has 0 saturated carbocycles. The first-order chi connectivity index (χ1) is 11.8. The Kier molecular flexibility index (Phi) is 3.88. The summed E-state index contributed by atoms with van der Waals surface area (Å²) in [7, 11) is 0. The fraction of sp³-hybridized carbons (Fsp3) is 0.167. The molecule has 0 radical (unpaired) electrons. The van der Waals surface area contributed by atoms with Gasteiger partial charge in [0.1, 0.15) is 5.69 Å². The van der Waals surface area contributed by atoms with Crippen molar-refractivity contribution in [2.24, 2.45) is 4.99 Å². The predicted octanol–water partition coefficient (Wildman–Crippen LogP) is 3.19. The summed E-state index contributed by atoms with van der Waals surface area (Å²) in [4.78, 5) is 8.49. The van der Waals surface area contributed by atoms with E-state index in [1.807, 2.05) is 35.2 Å². The fourth-order valence-electron chi connectivity index (χ4n) is 3.00. The predicted molar refractivity (Wildman–Crippen MR) is 94.3 cm³/mol. The number of hydrogen-bond acceptors (Lipinski definition) is 4. The van der Waals surface area contributed by atoms with Gasteiger partial charge in [-0.1, -0.05) is 17.7 Å². The average Bonchev–Trinajstić information content (AvgIpc) is 3.01. The molecule has 1 aliphatic heterocycles. The van der Waals surface area contributed by atoms with Crippen molar-refractivity contribution in [1.82, 2.24) is 14.8 Å². The Morgan fingerprint density at radius 3 is 2.79 bits per heavy atom. The number of pyridine rings is 1. The van der Waals surface area contributed by atoms with Gasteiger partial charge in [-0.2, -0.15) is 5.10 Å². The number of nitrogens with zero attached hydrogens (tertiary/aromatic N) is 4. The molecule has 2 aromatic heterocycles. The molecule has 6 heteroatoms. The Morgan fingerprint density at radius 1 is 1.17 bits per heavy atom. The van der Waals surface area contributed by atoms with Crippen LogP contribution in [0.1, 0.15) is 11.3 Å². The molecule has 1 N–H and O–H groups in total. The topological polar surface area (TPSA) is 63.3 Å². The van der Waals surface area contributed by atoms with Gasteiger partial charge in [0.05, 0.1) is 25.4 Å². The van der Waals surface area contributed by atoms with E-state index in [1.165, 1.54) is 0 Å². The van der Waals surface area contributed by atoms with E-state index in [2.05, 4.69) is 9.98 Å². The molecule has 4 rings (SSSR count). The Labute approximate surface area is 144 Å². The van der Waals surface area contributed by atoms with Crippen molar-refractivity contribution in [2.45, 2.75) is 13.2 Å². The third-order valence-corrected chi connectivity index (χ3v) is 4.34. The second kappa shape index (κ2) is 6.19. The lowest BCUT2D eigenvalue weighted by atomic mass is 9.96. The van der Waals surface area contributed by atoms with Crippen molar-refractivity contribution in [3.63, 3.8) is 0 Å². The minimum atomic E-state index is -0.0953. The highest BCUT2D eigenvalue weighted by molar-refractivity contribution is 6.30. The van der Waals surface area contributed by atoms with Crippen molar-refractivity contribution in [1.29, 1.82) is 0 Å². The molecule has 24 heavy (non-hydrogen) atoms. The summed E-state index contributed by atoms with van der Waals surface area (Å²) in [6, 6.07) is 9.42. The van der Waals surface area contributed by atoms with Crippen LogP contribution in [0.25, 0.3) is 22.4 Å². The monoisotopic (exact) mass is 338 g/mol. The average molecular weight is 339 g/mol. The van der Waals surface area contributed by atoms with Crippen LogP contribution >= 0.6 is 11.6 Å². The van der Waals surface area contributed by atoms with Gasteiger partial charge in [-0.25, -0.2) is 0 Å². The first-order valence-corrected chi connectivity index (χ1v) is 8.06. The number of benzene rings is 1. The first kappa shape index (κ1) is 15.1. The van der Waals surface area contributed by atoms with E-state index >= 15 is 0 Å². The van der Waals surface area contributed by atoms with Crippen LogP contribution in [0.3, 0.4) is 0 Å². The van der Waals surface area contributed by atoms with Crippen molar-refractivity contribution < 1.29 is 5.11 Å². The molecule has 0 unspecified atom stereocenters. The highest BCUT2D eigenvalue weighted by Gasteiger charge is 2.22. The van der Waals surface area contributed by atoms with E-state index in [-0.39, 0.29) is 6.61 Å². The highest BCUT2D eigenvalue weighted by Crippen LogP contribution is 2.36. The van der Waals surface area contributed by atoms with Gasteiger partial charge in [0.25, 0.3) is 0 Å². The SMILES string of the molecule is OCc1cc(Cl)ccc1-c1nn2c(c1-c1ccncc1)C=NCC2. The van der Waals surface area contributed by atoms with Crippen LogP contribution in [0.15, 0.2) is 47.7 Å². The van der Waals surface area contributed by atoms with E-state index in [1.54, 1.807) is 18.5 Å². The summed E-state index contributed by atoms with van der Waals surface area (Å²) in [6.45, 7) is 1.37. The van der Waals surface area contributed by atoms with Crippen LogP contribution in [0.5, 0.6) is 0 Å². The zero-order chi connectivity index (χ0) is 16.5. The molecular weight excluding hydrogens is 324 g/mol. The quantitative estimate of drug-likeness (QED) is 0.797. The number of halogens is 1. The lowest BCUT2D eigenvalue weighted by Gasteiger charge is -2.09. The van der Waals surface area contributed by atoms with Crippen LogP contribution in [-0.4, -0.2) is 32.6 Å². The van der Waals surface area contributed by atoms with E-state index in [0.29, 0.717) is 5.02 Å². The molecule has 0 saturated heterocycles. The summed E-state index contributed by atoms with van der Waals surface area (Å²) in [5.74, 6) is 0. The van der Waals surface area contributed by atoms with Gasteiger partial charge >= 0.3 is 0 Å². The van der Waals surface area contributed by atoms with Gasteiger partial charge in [0, 0.05) is 34.8 Å². The Morgan fingerprint density at radius 2 is 2.00 bits per heavy atom. The standard InChI is InChI=1S/C18H15ClN4O/c19-14-1-2-15(13(9-14)11-24)18-17(12-3-5-20-6-4-12)16-10-21-7-8-23(16)22-18/h1-6,9-10,24H,7-8,11H2. The molecule has 0 fully saturated rings. The molecule has 0 atom stereocenters. The number of rotatable bonds is 3. The summed E-state index contributed by atoms with van der Waals surface area (Å²) in [5.41, 5.74) is 5.45. The molecule has 1 aromatic carbocycles. The van der Waals surface area contributed by atoms with E-state index in [0.717, 1.165) is 46.7 Å². The summed E-state index contributed by atoms with van der Waals surface area (Å²) >= 11 is 6.07. The van der Waals surface area contributed by atoms with Crippen molar-refractivity contribution in [3.05, 3.63) is 59.0 Å². The van der Waals surface area contributed by atoms with Crippen LogP contribution in [0.2, 0.25) is 5.02 Å². The van der Waals surface area contributed by atoms with E-state index < -0.39 is 0 Å². The normalized spacial score (nSPS) is 13.1. The minimum absolute atomic E-state index is 0.0953. The molecule has 1 aliphatic rings. The summed E-state index contributed by atoms with van der Waals surface area (Å²) in [5, 5.41) is 15.1. The maximum atomic E-state index is 9.74. The molecule has 3 aromatic rings. The fourth-order valence-corrected chi connectivity index (χ4v) is 3.19. The number of aliphatic hydroxyl groups excluding tert-OH is 1. The zero-order valence-electron chi connectivity index (χ0n) is 12.9. The molecule has 3 heterocycles. The highest BCUT2D eigenvalue weighted by atomic mass is 35.5. The van der Waals surface area contributed by atoms with Crippen LogP contribution < -0.4 is 0 Å². The van der Waals surface area contributed by atoms with Crippen molar-refractivity contribution in [3.8, 4) is 22.4 Å². The number of aliphatic imine (C=N–C) groups is 1. The van der Waals surface area contributed by atoms with Gasteiger partial charge in [0.2, 0.25) is 0 Å². The smallest absolute Gasteiger partial charge is 0.101 e. The summed E-state index contributed by atoms with van der Waals surface area (Å²) in [6.07, 6.45) is 5.39. The van der Waals surface area contributed by atoms with Crippen LogP contribution in [0.4, 0.5) is 0 Å². The number of aromatic nitrogens is 3. The molecule has 0 amide bonds. The summed E-state index contributed by atoms with van der Waals surface area (Å²) < 4.78 is 1.97. The van der Waals surface area contributed by atoms with Gasteiger partial charge in [-0.05, 0) is 35.4 Å². The largest absolute Gasteiger partial charge is 0.392 e. The van der Waals surface area contributed by atoms with Crippen LogP contribution in [-0.2, 0) is 13.2 Å². The zero-order valence-corrected chi connectivity index (χ0v) is 13.6. The second-order valence-corrected chi connectivity index (χ2v) is 6.00. The van der Waals surface area contributed by atoms with Gasteiger partial charge in [-0.3, -0.25) is 14.7 Å². The van der Waals surface area contributed by atoms with E-state index in [4.69, 9.17) is 16.7 Å². The molecule has 120 valence electrons. The van der Waals surface area contributed by atoms with Gasteiger partial charge < -0.3 is 5.11 Å². The lowest BCUT2D eigenvalue weighted by molar-refractivity contribution is 0.282. The molecule has 0 spiro atoms. The Hall–Kier alpha value is -2.50. The van der Waals surface area contributed by atoms with Gasteiger partial charge in [-0.15, -0.1) is 0 Å². The maximum absolute atomic E-state index is 9.74. The van der Waals surface area contributed by atoms with Crippen LogP contribution in [0, 0.1) is 0 Å². The van der Waals surface area contributed by atoms with E-state index in [9.17, 15) is 5.11 Å². The molecular formula is C18H15ClN4O. The number of hydrogen-bond donors (Lipinski definition) is 1. The molecule has 0 aliphatic carbocycles. The van der Waals surface area contributed by atoms with Gasteiger partial charge in [0.15, 0.2) is 0 Å². The number of aliphatic hydroxyl groups is 1. The van der Waals surface area contributed by atoms with Crippen molar-refractivity contribution >= 4 is 17.8 Å². The Bertz CT molecular complexity index is 918. The second-order valence-electron chi connectivity index (χ2n) is 5.56. The first-order valence-electron chi connectivity index (χ1n) is 7.68. The molecule has 5 nitrogen and oxygen atoms in total. The third-order valence-electron chi connectivity index (χ3n) is 4.11. The number of fused-ring (bicyclic) bond motifs is 1. The Balaban J connectivity index is 2.00. The maximum Gasteiger partial charge on any atom is 0.101 e. The minimum Gasteiger partial charge on any atom is -0.392 e. The molecule has 0 bridgehead atoms. The lowest BCUT2D eigenvalue weighted by Crippen LogP contribution is -2.12.